The monoisotopic (exact) mass is 492 g/mol. The average molecular weight is 493 g/mol. The SMILES string of the molecule is O=S(=O)(Nc1ccc(S(=O)(=O)Nc2ccc(F)cc2F)cc1)c1cc(Cl)cc(Cl)c1. The number of halogens is 4. The highest BCUT2D eigenvalue weighted by Crippen LogP contribution is 2.25. The molecule has 0 aliphatic heterocycles. The van der Waals surface area contributed by atoms with Gasteiger partial charge in [0, 0.05) is 21.8 Å². The number of hydrogen-bond donors (Lipinski definition) is 2. The van der Waals surface area contributed by atoms with Gasteiger partial charge in [0.1, 0.15) is 11.6 Å². The topological polar surface area (TPSA) is 92.3 Å². The fourth-order valence-corrected chi connectivity index (χ4v) is 5.23. The van der Waals surface area contributed by atoms with Gasteiger partial charge in [-0.2, -0.15) is 0 Å². The van der Waals surface area contributed by atoms with Crippen LogP contribution < -0.4 is 9.44 Å². The first-order chi connectivity index (χ1) is 14.0. The molecule has 3 rings (SSSR count). The fourth-order valence-electron chi connectivity index (χ4n) is 2.38. The first-order valence-corrected chi connectivity index (χ1v) is 11.8. The molecule has 0 spiro atoms. The normalized spacial score (nSPS) is 11.9. The molecule has 0 saturated heterocycles. The summed E-state index contributed by atoms with van der Waals surface area (Å²) in [5.41, 5.74) is -0.364. The van der Waals surface area contributed by atoms with E-state index in [1.54, 1.807) is 0 Å². The van der Waals surface area contributed by atoms with E-state index in [0.29, 0.717) is 6.07 Å². The van der Waals surface area contributed by atoms with Gasteiger partial charge in [-0.1, -0.05) is 23.2 Å². The lowest BCUT2D eigenvalue weighted by Crippen LogP contribution is -2.15. The smallest absolute Gasteiger partial charge is 0.261 e. The highest BCUT2D eigenvalue weighted by atomic mass is 35.5. The van der Waals surface area contributed by atoms with Crippen molar-refractivity contribution in [1.29, 1.82) is 0 Å². The van der Waals surface area contributed by atoms with Crippen molar-refractivity contribution in [2.24, 2.45) is 0 Å². The van der Waals surface area contributed by atoms with Crippen molar-refractivity contribution in [1.82, 2.24) is 0 Å². The van der Waals surface area contributed by atoms with Crippen LogP contribution in [0.4, 0.5) is 20.2 Å². The summed E-state index contributed by atoms with van der Waals surface area (Å²) in [5.74, 6) is -1.93. The van der Waals surface area contributed by atoms with Gasteiger partial charge in [-0.25, -0.2) is 25.6 Å². The molecule has 3 aromatic carbocycles. The molecule has 2 N–H and O–H groups in total. The maximum atomic E-state index is 13.7. The molecule has 0 saturated carbocycles. The van der Waals surface area contributed by atoms with E-state index in [9.17, 15) is 25.6 Å². The molecular formula is C18H12Cl2F2N2O4S2. The Morgan fingerprint density at radius 2 is 1.23 bits per heavy atom. The van der Waals surface area contributed by atoms with E-state index in [1.807, 2.05) is 4.72 Å². The van der Waals surface area contributed by atoms with E-state index in [-0.39, 0.29) is 25.5 Å². The second-order valence-electron chi connectivity index (χ2n) is 5.96. The van der Waals surface area contributed by atoms with Crippen molar-refractivity contribution in [3.63, 3.8) is 0 Å². The molecule has 3 aromatic rings. The summed E-state index contributed by atoms with van der Waals surface area (Å²) in [4.78, 5) is -0.440. The molecule has 0 unspecified atom stereocenters. The standard InChI is InChI=1S/C18H12Cl2F2N2O4S2/c19-11-7-12(20)9-16(8-11)30(27,28)23-14-2-4-15(5-3-14)29(25,26)24-18-6-1-13(21)10-17(18)22/h1-10,23-24H. The van der Waals surface area contributed by atoms with Gasteiger partial charge in [-0.05, 0) is 54.6 Å². The number of sulfonamides is 2. The third kappa shape index (κ3) is 5.20. The molecule has 0 amide bonds. The summed E-state index contributed by atoms with van der Waals surface area (Å²) < 4.78 is 80.6. The number of benzene rings is 3. The lowest BCUT2D eigenvalue weighted by atomic mass is 10.3. The van der Waals surface area contributed by atoms with Crippen molar-refractivity contribution in [2.45, 2.75) is 9.79 Å². The van der Waals surface area contributed by atoms with Gasteiger partial charge in [0.15, 0.2) is 0 Å². The summed E-state index contributed by atoms with van der Waals surface area (Å²) in [6.45, 7) is 0. The molecule has 0 aliphatic carbocycles. The molecule has 0 heterocycles. The Bertz CT molecular complexity index is 1300. The zero-order valence-corrected chi connectivity index (χ0v) is 17.9. The quantitative estimate of drug-likeness (QED) is 0.513. The second kappa shape index (κ2) is 8.38. The third-order valence-electron chi connectivity index (χ3n) is 3.74. The van der Waals surface area contributed by atoms with Crippen LogP contribution in [0, 0.1) is 11.6 Å². The molecule has 30 heavy (non-hydrogen) atoms. The average Bonchev–Trinajstić information content (AvgIpc) is 2.63. The number of rotatable bonds is 6. The van der Waals surface area contributed by atoms with Crippen LogP contribution in [-0.4, -0.2) is 16.8 Å². The summed E-state index contributed by atoms with van der Waals surface area (Å²) >= 11 is 11.6. The lowest BCUT2D eigenvalue weighted by Gasteiger charge is -2.11. The van der Waals surface area contributed by atoms with Gasteiger partial charge >= 0.3 is 0 Å². The maximum Gasteiger partial charge on any atom is 0.261 e. The Hall–Kier alpha value is -2.40. The Balaban J connectivity index is 1.81. The van der Waals surface area contributed by atoms with Gasteiger partial charge in [0.05, 0.1) is 15.5 Å². The molecule has 0 atom stereocenters. The van der Waals surface area contributed by atoms with Crippen molar-refractivity contribution in [2.75, 3.05) is 9.44 Å². The van der Waals surface area contributed by atoms with Crippen LogP contribution in [0.3, 0.4) is 0 Å². The Kier molecular flexibility index (Phi) is 6.23. The van der Waals surface area contributed by atoms with Crippen LogP contribution in [0.15, 0.2) is 70.5 Å². The Morgan fingerprint density at radius 3 is 1.80 bits per heavy atom. The molecule has 6 nitrogen and oxygen atoms in total. The third-order valence-corrected chi connectivity index (χ3v) is 6.92. The predicted octanol–water partition coefficient (Wildman–Crippen LogP) is 4.87. The van der Waals surface area contributed by atoms with Crippen molar-refractivity contribution in [3.8, 4) is 0 Å². The Labute approximate surface area is 181 Å². The van der Waals surface area contributed by atoms with Gasteiger partial charge < -0.3 is 0 Å². The molecule has 12 heteroatoms. The first kappa shape index (κ1) is 22.3. The zero-order valence-electron chi connectivity index (χ0n) is 14.7. The number of nitrogens with one attached hydrogen (secondary N) is 2. The van der Waals surface area contributed by atoms with E-state index in [2.05, 4.69) is 4.72 Å². The first-order valence-electron chi connectivity index (χ1n) is 8.03. The molecule has 0 radical (unpaired) electrons. The van der Waals surface area contributed by atoms with Gasteiger partial charge in [0.25, 0.3) is 20.0 Å². The summed E-state index contributed by atoms with van der Waals surface area (Å²) in [5, 5.41) is 0.256. The van der Waals surface area contributed by atoms with Crippen molar-refractivity contribution in [3.05, 3.63) is 82.3 Å². The highest BCUT2D eigenvalue weighted by Gasteiger charge is 2.19. The number of hydrogen-bond acceptors (Lipinski definition) is 4. The minimum absolute atomic E-state index is 0.0676. The summed E-state index contributed by atoms with van der Waals surface area (Å²) in [6.07, 6.45) is 0. The molecule has 158 valence electrons. The molecule has 0 aromatic heterocycles. The Morgan fingerprint density at radius 1 is 0.667 bits per heavy atom. The second-order valence-corrected chi connectivity index (χ2v) is 10.2. The minimum Gasteiger partial charge on any atom is -0.280 e. The molecule has 0 fully saturated rings. The van der Waals surface area contributed by atoms with E-state index in [0.717, 1.165) is 24.3 Å². The van der Waals surface area contributed by atoms with E-state index >= 15 is 0 Å². The van der Waals surface area contributed by atoms with Gasteiger partial charge in [-0.15, -0.1) is 0 Å². The molecule has 0 bridgehead atoms. The summed E-state index contributed by atoms with van der Waals surface area (Å²) in [7, 11) is -8.23. The van der Waals surface area contributed by atoms with Crippen LogP contribution in [0.5, 0.6) is 0 Å². The molecular weight excluding hydrogens is 481 g/mol. The van der Waals surface area contributed by atoms with Crippen molar-refractivity contribution < 1.29 is 25.6 Å². The van der Waals surface area contributed by atoms with E-state index in [1.165, 1.54) is 30.3 Å². The minimum atomic E-state index is -4.20. The van der Waals surface area contributed by atoms with Gasteiger partial charge in [-0.3, -0.25) is 9.44 Å². The maximum absolute atomic E-state index is 13.7. The van der Waals surface area contributed by atoms with Crippen LogP contribution in [0.25, 0.3) is 0 Å². The van der Waals surface area contributed by atoms with Crippen molar-refractivity contribution >= 4 is 54.6 Å². The van der Waals surface area contributed by atoms with Crippen LogP contribution in [-0.2, 0) is 20.0 Å². The fraction of sp³-hybridized carbons (Fsp3) is 0. The van der Waals surface area contributed by atoms with E-state index in [4.69, 9.17) is 23.2 Å². The largest absolute Gasteiger partial charge is 0.280 e. The highest BCUT2D eigenvalue weighted by molar-refractivity contribution is 7.93. The van der Waals surface area contributed by atoms with E-state index < -0.39 is 37.4 Å². The zero-order chi connectivity index (χ0) is 22.1. The summed E-state index contributed by atoms with van der Waals surface area (Å²) in [6, 6.07) is 10.8. The predicted molar refractivity (Wildman–Crippen MR) is 111 cm³/mol. The van der Waals surface area contributed by atoms with Crippen LogP contribution in [0.1, 0.15) is 0 Å². The van der Waals surface area contributed by atoms with Crippen LogP contribution >= 0.6 is 23.2 Å². The van der Waals surface area contributed by atoms with Crippen LogP contribution in [0.2, 0.25) is 10.0 Å². The number of anilines is 2. The van der Waals surface area contributed by atoms with Gasteiger partial charge in [0.2, 0.25) is 0 Å². The molecule has 0 aliphatic rings. The lowest BCUT2D eigenvalue weighted by molar-refractivity contribution is 0.583.